The van der Waals surface area contributed by atoms with E-state index in [1.54, 1.807) is 23.9 Å². The van der Waals surface area contributed by atoms with Crippen LogP contribution in [0.1, 0.15) is 48.6 Å². The zero-order valence-corrected chi connectivity index (χ0v) is 13.6. The lowest BCUT2D eigenvalue weighted by atomic mass is 10.1. The normalized spacial score (nSPS) is 13.1. The third-order valence-corrected chi connectivity index (χ3v) is 3.35. The molecule has 1 atom stereocenters. The van der Waals surface area contributed by atoms with E-state index >= 15 is 0 Å². The van der Waals surface area contributed by atoms with Crippen LogP contribution in [-0.2, 0) is 12.7 Å². The lowest BCUT2D eigenvalue weighted by Gasteiger charge is -2.14. The summed E-state index contributed by atoms with van der Waals surface area (Å²) in [7, 11) is 0. The Morgan fingerprint density at radius 2 is 1.96 bits per heavy atom. The second kappa shape index (κ2) is 7.02. The van der Waals surface area contributed by atoms with Gasteiger partial charge in [0.1, 0.15) is 11.4 Å². The molecule has 2 aromatic rings. The van der Waals surface area contributed by atoms with E-state index in [4.69, 9.17) is 0 Å². The zero-order valence-electron chi connectivity index (χ0n) is 13.6. The first-order valence-electron chi connectivity index (χ1n) is 7.54. The third-order valence-electron chi connectivity index (χ3n) is 3.35. The van der Waals surface area contributed by atoms with Gasteiger partial charge in [0.2, 0.25) is 0 Å². The maximum atomic E-state index is 12.5. The summed E-state index contributed by atoms with van der Waals surface area (Å²) < 4.78 is 39.2. The Morgan fingerprint density at radius 1 is 1.25 bits per heavy atom. The van der Waals surface area contributed by atoms with E-state index in [0.717, 1.165) is 12.3 Å². The van der Waals surface area contributed by atoms with Crippen LogP contribution in [0.25, 0.3) is 0 Å². The summed E-state index contributed by atoms with van der Waals surface area (Å²) in [5.41, 5.74) is -0.211. The van der Waals surface area contributed by atoms with Gasteiger partial charge in [-0.1, -0.05) is 19.9 Å². The van der Waals surface area contributed by atoms with E-state index < -0.39 is 17.9 Å². The molecule has 2 heterocycles. The molecule has 0 unspecified atom stereocenters. The van der Waals surface area contributed by atoms with Gasteiger partial charge in [-0.05, 0) is 30.5 Å². The van der Waals surface area contributed by atoms with Gasteiger partial charge < -0.3 is 5.32 Å². The quantitative estimate of drug-likeness (QED) is 0.907. The number of rotatable bonds is 5. The standard InChI is InChI=1S/C16H19F3N4O/c1-10(2)9-23-7-6-13(22-23)15(24)21-11(3)12-4-5-14(20-8-12)16(17,18)19/h4-8,10-11H,9H2,1-3H3,(H,21,24)/t11-/m1/s1. The Kier molecular flexibility index (Phi) is 5.26. The van der Waals surface area contributed by atoms with Crippen LogP contribution in [-0.4, -0.2) is 20.7 Å². The largest absolute Gasteiger partial charge is 0.433 e. The first-order chi connectivity index (χ1) is 11.2. The fourth-order valence-electron chi connectivity index (χ4n) is 2.14. The Morgan fingerprint density at radius 3 is 2.50 bits per heavy atom. The first-order valence-corrected chi connectivity index (χ1v) is 7.54. The van der Waals surface area contributed by atoms with E-state index in [0.29, 0.717) is 18.0 Å². The first kappa shape index (κ1) is 18.0. The number of pyridine rings is 1. The van der Waals surface area contributed by atoms with Crippen molar-refractivity contribution in [2.24, 2.45) is 5.92 Å². The molecule has 2 rings (SSSR count). The summed E-state index contributed by atoms with van der Waals surface area (Å²) in [5.74, 6) is 0.0165. The summed E-state index contributed by atoms with van der Waals surface area (Å²) in [6.07, 6.45) is -1.64. The van der Waals surface area contributed by atoms with Crippen molar-refractivity contribution in [3.63, 3.8) is 0 Å². The molecule has 0 aromatic carbocycles. The average Bonchev–Trinajstić information content (AvgIpc) is 2.94. The minimum atomic E-state index is -4.48. The van der Waals surface area contributed by atoms with Crippen molar-refractivity contribution in [2.75, 3.05) is 0 Å². The van der Waals surface area contributed by atoms with E-state index in [9.17, 15) is 18.0 Å². The number of nitrogens with one attached hydrogen (secondary N) is 1. The fourth-order valence-corrected chi connectivity index (χ4v) is 2.14. The predicted octanol–water partition coefficient (Wildman–Crippen LogP) is 3.44. The van der Waals surface area contributed by atoms with Crippen LogP contribution in [0.2, 0.25) is 0 Å². The Balaban J connectivity index is 2.02. The van der Waals surface area contributed by atoms with Crippen LogP contribution in [0.4, 0.5) is 13.2 Å². The molecule has 8 heteroatoms. The van der Waals surface area contributed by atoms with Gasteiger partial charge in [-0.25, -0.2) is 0 Å². The van der Waals surface area contributed by atoms with E-state index in [1.807, 2.05) is 13.8 Å². The molecule has 0 spiro atoms. The molecule has 0 bridgehead atoms. The molecule has 130 valence electrons. The number of aromatic nitrogens is 3. The van der Waals surface area contributed by atoms with E-state index in [2.05, 4.69) is 15.4 Å². The van der Waals surface area contributed by atoms with Gasteiger partial charge in [0, 0.05) is 18.9 Å². The third kappa shape index (κ3) is 4.56. The van der Waals surface area contributed by atoms with Gasteiger partial charge in [-0.3, -0.25) is 14.5 Å². The number of halogens is 3. The molecule has 0 saturated heterocycles. The van der Waals surface area contributed by atoms with Crippen LogP contribution in [0, 0.1) is 5.92 Å². The van der Waals surface area contributed by atoms with Crippen molar-refractivity contribution in [3.8, 4) is 0 Å². The Hall–Kier alpha value is -2.38. The molecule has 1 amide bonds. The van der Waals surface area contributed by atoms with Crippen molar-refractivity contribution >= 4 is 5.91 Å². The number of hydrogen-bond donors (Lipinski definition) is 1. The molecule has 0 aliphatic rings. The van der Waals surface area contributed by atoms with Gasteiger partial charge in [-0.2, -0.15) is 18.3 Å². The van der Waals surface area contributed by atoms with Crippen LogP contribution in [0.5, 0.6) is 0 Å². The smallest absolute Gasteiger partial charge is 0.344 e. The number of amides is 1. The Bertz CT molecular complexity index is 692. The van der Waals surface area contributed by atoms with Crippen LogP contribution in [0.15, 0.2) is 30.6 Å². The highest BCUT2D eigenvalue weighted by Gasteiger charge is 2.32. The lowest BCUT2D eigenvalue weighted by molar-refractivity contribution is -0.141. The van der Waals surface area contributed by atoms with Gasteiger partial charge in [0.05, 0.1) is 6.04 Å². The summed E-state index contributed by atoms with van der Waals surface area (Å²) >= 11 is 0. The van der Waals surface area contributed by atoms with Gasteiger partial charge in [0.15, 0.2) is 0 Å². The topological polar surface area (TPSA) is 59.8 Å². The van der Waals surface area contributed by atoms with Gasteiger partial charge in [-0.15, -0.1) is 0 Å². The van der Waals surface area contributed by atoms with Crippen molar-refractivity contribution in [3.05, 3.63) is 47.5 Å². The lowest BCUT2D eigenvalue weighted by Crippen LogP contribution is -2.27. The average molecular weight is 340 g/mol. The zero-order chi connectivity index (χ0) is 17.9. The Labute approximate surface area is 137 Å². The SMILES string of the molecule is CC(C)Cn1ccc(C(=O)N[C@H](C)c2ccc(C(F)(F)F)nc2)n1. The molecule has 0 fully saturated rings. The molecule has 0 aliphatic heterocycles. The minimum Gasteiger partial charge on any atom is -0.344 e. The maximum absolute atomic E-state index is 12.5. The summed E-state index contributed by atoms with van der Waals surface area (Å²) in [6, 6.07) is 3.32. The second-order valence-electron chi connectivity index (χ2n) is 5.99. The second-order valence-corrected chi connectivity index (χ2v) is 5.99. The fraction of sp³-hybridized carbons (Fsp3) is 0.438. The van der Waals surface area contributed by atoms with E-state index in [-0.39, 0.29) is 11.6 Å². The molecular formula is C16H19F3N4O. The van der Waals surface area contributed by atoms with Crippen LogP contribution >= 0.6 is 0 Å². The van der Waals surface area contributed by atoms with Gasteiger partial charge >= 0.3 is 6.18 Å². The summed E-state index contributed by atoms with van der Waals surface area (Å²) in [4.78, 5) is 15.6. The molecule has 0 aliphatic carbocycles. The number of hydrogen-bond acceptors (Lipinski definition) is 3. The van der Waals surface area contributed by atoms with Gasteiger partial charge in [0.25, 0.3) is 5.91 Å². The summed E-state index contributed by atoms with van der Waals surface area (Å²) in [5, 5.41) is 6.89. The highest BCUT2D eigenvalue weighted by molar-refractivity contribution is 5.92. The monoisotopic (exact) mass is 340 g/mol. The van der Waals surface area contributed by atoms with E-state index in [1.165, 1.54) is 6.07 Å². The summed E-state index contributed by atoms with van der Waals surface area (Å²) in [6.45, 7) is 6.46. The number of carbonyl (C=O) groups excluding carboxylic acids is 1. The van der Waals surface area contributed by atoms with Crippen molar-refractivity contribution in [1.29, 1.82) is 0 Å². The highest BCUT2D eigenvalue weighted by atomic mass is 19.4. The molecule has 5 nitrogen and oxygen atoms in total. The van der Waals surface area contributed by atoms with Crippen molar-refractivity contribution in [1.82, 2.24) is 20.1 Å². The molecule has 0 saturated carbocycles. The molecule has 2 aromatic heterocycles. The minimum absolute atomic E-state index is 0.266. The molecule has 24 heavy (non-hydrogen) atoms. The maximum Gasteiger partial charge on any atom is 0.433 e. The molecular weight excluding hydrogens is 321 g/mol. The number of carbonyl (C=O) groups is 1. The van der Waals surface area contributed by atoms with Crippen LogP contribution < -0.4 is 5.32 Å². The molecule has 1 N–H and O–H groups in total. The molecule has 0 radical (unpaired) electrons. The van der Waals surface area contributed by atoms with Crippen LogP contribution in [0.3, 0.4) is 0 Å². The predicted molar refractivity (Wildman–Crippen MR) is 82.2 cm³/mol. The highest BCUT2D eigenvalue weighted by Crippen LogP contribution is 2.27. The number of nitrogens with zero attached hydrogens (tertiary/aromatic N) is 3. The number of alkyl halides is 3. The van der Waals surface area contributed by atoms with Crippen molar-refractivity contribution < 1.29 is 18.0 Å². The van der Waals surface area contributed by atoms with Crippen molar-refractivity contribution in [2.45, 2.75) is 39.5 Å².